The van der Waals surface area contributed by atoms with Crippen LogP contribution in [0.3, 0.4) is 0 Å². The number of carboxylic acid groups (broad SMARTS) is 1. The molecule has 2 aliphatic rings. The molecule has 2 rings (SSSR count). The highest BCUT2D eigenvalue weighted by Gasteiger charge is 2.38. The fourth-order valence-electron chi connectivity index (χ4n) is 3.85. The molecule has 21 heavy (non-hydrogen) atoms. The third-order valence-corrected chi connectivity index (χ3v) is 4.74. The number of hydrogen-bond acceptors (Lipinski definition) is 3. The Morgan fingerprint density at radius 2 is 1.67 bits per heavy atom. The first-order chi connectivity index (χ1) is 9.90. The van der Waals surface area contributed by atoms with Crippen LogP contribution in [0, 0.1) is 5.41 Å². The van der Waals surface area contributed by atoms with Gasteiger partial charge in [0.05, 0.1) is 18.6 Å². The minimum absolute atomic E-state index is 0.0551. The predicted molar refractivity (Wildman–Crippen MR) is 79.0 cm³/mol. The molecule has 0 radical (unpaired) electrons. The number of nitrogens with zero attached hydrogens (tertiary/aromatic N) is 1. The number of amides is 1. The Bertz CT molecular complexity index is 380. The second-order valence-corrected chi connectivity index (χ2v) is 6.86. The number of carboxylic acids is 1. The highest BCUT2D eigenvalue weighted by Crippen LogP contribution is 2.42. The van der Waals surface area contributed by atoms with Gasteiger partial charge in [0.25, 0.3) is 0 Å². The van der Waals surface area contributed by atoms with E-state index >= 15 is 0 Å². The Morgan fingerprint density at radius 3 is 2.19 bits per heavy atom. The minimum Gasteiger partial charge on any atom is -0.481 e. The Balaban J connectivity index is 2.01. The maximum atomic E-state index is 12.6. The number of carbonyl (C=O) groups is 2. The monoisotopic (exact) mass is 297 g/mol. The minimum atomic E-state index is -0.784. The van der Waals surface area contributed by atoms with Gasteiger partial charge in [-0.2, -0.15) is 0 Å². The van der Waals surface area contributed by atoms with Crippen LogP contribution in [-0.4, -0.2) is 47.2 Å². The summed E-state index contributed by atoms with van der Waals surface area (Å²) in [5, 5.41) is 9.19. The van der Waals surface area contributed by atoms with E-state index in [0.717, 1.165) is 32.1 Å². The Kier molecular flexibility index (Phi) is 5.25. The predicted octanol–water partition coefficient (Wildman–Crippen LogP) is 2.44. The molecule has 0 bridgehead atoms. The van der Waals surface area contributed by atoms with E-state index in [1.165, 1.54) is 0 Å². The van der Waals surface area contributed by atoms with E-state index in [0.29, 0.717) is 19.5 Å². The van der Waals surface area contributed by atoms with Crippen LogP contribution in [0.5, 0.6) is 0 Å². The molecule has 1 saturated carbocycles. The Morgan fingerprint density at radius 1 is 1.10 bits per heavy atom. The molecule has 5 heteroatoms. The van der Waals surface area contributed by atoms with E-state index in [9.17, 15) is 14.7 Å². The summed E-state index contributed by atoms with van der Waals surface area (Å²) in [5.74, 6) is -0.687. The van der Waals surface area contributed by atoms with Crippen molar-refractivity contribution in [2.45, 2.75) is 71.0 Å². The molecule has 1 aliphatic heterocycles. The summed E-state index contributed by atoms with van der Waals surface area (Å²) in [6.45, 7) is 5.19. The first-order valence-electron chi connectivity index (χ1n) is 8.05. The Hall–Kier alpha value is -1.10. The number of morpholine rings is 1. The van der Waals surface area contributed by atoms with Crippen molar-refractivity contribution in [1.82, 2.24) is 4.90 Å². The van der Waals surface area contributed by atoms with Crippen LogP contribution in [0.25, 0.3) is 0 Å². The third kappa shape index (κ3) is 4.43. The van der Waals surface area contributed by atoms with Crippen molar-refractivity contribution in [2.75, 3.05) is 13.1 Å². The van der Waals surface area contributed by atoms with Crippen molar-refractivity contribution in [3.05, 3.63) is 0 Å². The molecule has 0 aromatic rings. The first kappa shape index (κ1) is 16.3. The van der Waals surface area contributed by atoms with Crippen LogP contribution >= 0.6 is 0 Å². The van der Waals surface area contributed by atoms with E-state index in [2.05, 4.69) is 0 Å². The quantitative estimate of drug-likeness (QED) is 0.865. The molecule has 1 N–H and O–H groups in total. The van der Waals surface area contributed by atoms with Gasteiger partial charge in [0.15, 0.2) is 0 Å². The fourth-order valence-corrected chi connectivity index (χ4v) is 3.85. The largest absolute Gasteiger partial charge is 0.481 e. The van der Waals surface area contributed by atoms with Crippen LogP contribution in [0.4, 0.5) is 0 Å². The lowest BCUT2D eigenvalue weighted by molar-refractivity contribution is -0.148. The van der Waals surface area contributed by atoms with Crippen LogP contribution in [0.1, 0.15) is 58.8 Å². The van der Waals surface area contributed by atoms with Crippen molar-refractivity contribution >= 4 is 11.9 Å². The lowest BCUT2D eigenvalue weighted by Gasteiger charge is -2.40. The first-order valence-corrected chi connectivity index (χ1v) is 8.05. The summed E-state index contributed by atoms with van der Waals surface area (Å²) in [4.78, 5) is 25.7. The maximum Gasteiger partial charge on any atom is 0.303 e. The molecule has 1 saturated heterocycles. The average molecular weight is 297 g/mol. The van der Waals surface area contributed by atoms with Crippen molar-refractivity contribution in [2.24, 2.45) is 5.41 Å². The summed E-state index contributed by atoms with van der Waals surface area (Å²) in [5.41, 5.74) is -0.327. The number of ether oxygens (including phenoxy) is 1. The van der Waals surface area contributed by atoms with Crippen molar-refractivity contribution < 1.29 is 19.4 Å². The molecule has 5 nitrogen and oxygen atoms in total. The van der Waals surface area contributed by atoms with E-state index < -0.39 is 5.97 Å². The van der Waals surface area contributed by atoms with Crippen LogP contribution in [0.2, 0.25) is 0 Å². The summed E-state index contributed by atoms with van der Waals surface area (Å²) >= 11 is 0. The molecular weight excluding hydrogens is 270 g/mol. The molecule has 0 unspecified atom stereocenters. The van der Waals surface area contributed by atoms with Crippen LogP contribution < -0.4 is 0 Å². The van der Waals surface area contributed by atoms with Gasteiger partial charge in [-0.15, -0.1) is 0 Å². The fraction of sp³-hybridized carbons (Fsp3) is 0.875. The van der Waals surface area contributed by atoms with E-state index in [4.69, 9.17) is 4.74 Å². The molecule has 0 aromatic heterocycles. The van der Waals surface area contributed by atoms with Gasteiger partial charge in [-0.05, 0) is 32.1 Å². The van der Waals surface area contributed by atoms with Crippen LogP contribution in [-0.2, 0) is 14.3 Å². The molecule has 0 aromatic carbocycles. The smallest absolute Gasteiger partial charge is 0.303 e. The van der Waals surface area contributed by atoms with Gasteiger partial charge in [-0.25, -0.2) is 0 Å². The summed E-state index contributed by atoms with van der Waals surface area (Å²) in [6.07, 6.45) is 5.56. The second kappa shape index (κ2) is 6.77. The number of aliphatic carboxylic acids is 1. The van der Waals surface area contributed by atoms with Gasteiger partial charge in [0.2, 0.25) is 5.91 Å². The molecule has 1 aliphatic carbocycles. The number of carbonyl (C=O) groups excluding carboxylic acids is 1. The zero-order valence-electron chi connectivity index (χ0n) is 13.1. The van der Waals surface area contributed by atoms with Gasteiger partial charge in [-0.1, -0.05) is 19.3 Å². The van der Waals surface area contributed by atoms with Crippen LogP contribution in [0.15, 0.2) is 0 Å². The lowest BCUT2D eigenvalue weighted by atomic mass is 9.69. The zero-order valence-corrected chi connectivity index (χ0v) is 13.1. The van der Waals surface area contributed by atoms with E-state index in [1.807, 2.05) is 18.7 Å². The van der Waals surface area contributed by atoms with E-state index in [-0.39, 0.29) is 30.0 Å². The molecular formula is C16H27NO4. The van der Waals surface area contributed by atoms with Crippen molar-refractivity contribution in [3.8, 4) is 0 Å². The molecule has 120 valence electrons. The summed E-state index contributed by atoms with van der Waals surface area (Å²) in [6, 6.07) is 0. The normalized spacial score (nSPS) is 29.1. The van der Waals surface area contributed by atoms with Gasteiger partial charge >= 0.3 is 5.97 Å². The van der Waals surface area contributed by atoms with E-state index in [1.54, 1.807) is 0 Å². The number of rotatable bonds is 4. The highest BCUT2D eigenvalue weighted by molar-refractivity contribution is 5.78. The van der Waals surface area contributed by atoms with Crippen molar-refractivity contribution in [3.63, 3.8) is 0 Å². The standard InChI is InChI=1S/C16H27NO4/c1-12-10-17(11-13(2)21-12)14(18)8-16(9-15(19)20)6-4-3-5-7-16/h12-13H,3-11H2,1-2H3,(H,19,20)/t12-,13+. The Labute approximate surface area is 126 Å². The summed E-state index contributed by atoms with van der Waals surface area (Å²) in [7, 11) is 0. The molecule has 1 heterocycles. The molecule has 2 fully saturated rings. The van der Waals surface area contributed by atoms with Gasteiger partial charge < -0.3 is 14.7 Å². The topological polar surface area (TPSA) is 66.8 Å². The molecule has 1 amide bonds. The highest BCUT2D eigenvalue weighted by atomic mass is 16.5. The third-order valence-electron chi connectivity index (χ3n) is 4.74. The number of hydrogen-bond donors (Lipinski definition) is 1. The average Bonchev–Trinajstić information content (AvgIpc) is 2.37. The lowest BCUT2D eigenvalue weighted by Crippen LogP contribution is -2.49. The SMILES string of the molecule is C[C@@H]1CN(C(=O)CC2(CC(=O)O)CCCCC2)C[C@H](C)O1. The maximum absolute atomic E-state index is 12.6. The second-order valence-electron chi connectivity index (χ2n) is 6.86. The van der Waals surface area contributed by atoms with Gasteiger partial charge in [0.1, 0.15) is 0 Å². The molecule has 2 atom stereocenters. The zero-order chi connectivity index (χ0) is 15.5. The van der Waals surface area contributed by atoms with Gasteiger partial charge in [-0.3, -0.25) is 9.59 Å². The summed E-state index contributed by atoms with van der Waals surface area (Å²) < 4.78 is 5.66. The molecule has 0 spiro atoms. The van der Waals surface area contributed by atoms with Gasteiger partial charge in [0, 0.05) is 19.5 Å². The van der Waals surface area contributed by atoms with Crippen molar-refractivity contribution in [1.29, 1.82) is 0 Å².